The molecule has 0 amide bonds. The number of alkyl halides is 1. The topological polar surface area (TPSA) is 47.3 Å². The fraction of sp³-hybridized carbons (Fsp3) is 0.889. The van der Waals surface area contributed by atoms with Gasteiger partial charge in [-0.05, 0) is 19.9 Å². The quantitative estimate of drug-likeness (QED) is 0.690. The zero-order valence-corrected chi connectivity index (χ0v) is 8.59. The predicted octanol–water partition coefficient (Wildman–Crippen LogP) is 0.822. The Bertz CT molecular complexity index is 216. The van der Waals surface area contributed by atoms with Crippen molar-refractivity contribution in [1.29, 1.82) is 5.26 Å². The minimum absolute atomic E-state index is 0.230. The summed E-state index contributed by atoms with van der Waals surface area (Å²) in [6, 6.07) is 2.31. The molecule has 13 heavy (non-hydrogen) atoms. The first-order valence-corrected chi connectivity index (χ1v) is 5.01. The SMILES string of the molecule is CC1(C#N)CCN(CC(O)CCl)C1. The third-order valence-electron chi connectivity index (χ3n) is 2.47. The number of hydrogen-bond donors (Lipinski definition) is 1. The maximum Gasteiger partial charge on any atom is 0.0802 e. The van der Waals surface area contributed by atoms with Crippen LogP contribution in [0.5, 0.6) is 0 Å². The minimum atomic E-state index is -0.470. The number of likely N-dealkylation sites (tertiary alicyclic amines) is 1. The van der Waals surface area contributed by atoms with Gasteiger partial charge in [-0.25, -0.2) is 0 Å². The van der Waals surface area contributed by atoms with Crippen LogP contribution in [0.3, 0.4) is 0 Å². The molecule has 3 nitrogen and oxygen atoms in total. The van der Waals surface area contributed by atoms with Crippen molar-refractivity contribution in [3.63, 3.8) is 0 Å². The van der Waals surface area contributed by atoms with Crippen molar-refractivity contribution in [3.05, 3.63) is 0 Å². The van der Waals surface area contributed by atoms with E-state index in [9.17, 15) is 5.11 Å². The van der Waals surface area contributed by atoms with Crippen LogP contribution in [0.4, 0.5) is 0 Å². The summed E-state index contributed by atoms with van der Waals surface area (Å²) in [6.45, 7) is 4.18. The fourth-order valence-electron chi connectivity index (χ4n) is 1.65. The second-order valence-corrected chi connectivity index (χ2v) is 4.27. The number of nitriles is 1. The maximum atomic E-state index is 9.30. The van der Waals surface area contributed by atoms with Crippen LogP contribution in [-0.2, 0) is 0 Å². The van der Waals surface area contributed by atoms with E-state index in [2.05, 4.69) is 11.0 Å². The Morgan fingerprint density at radius 3 is 2.92 bits per heavy atom. The van der Waals surface area contributed by atoms with Gasteiger partial charge in [0.05, 0.1) is 17.6 Å². The molecule has 0 aliphatic carbocycles. The standard InChI is InChI=1S/C9H15ClN2O/c1-9(6-11)2-3-12(7-9)5-8(13)4-10/h8,13H,2-5,7H2,1H3. The Morgan fingerprint density at radius 2 is 2.46 bits per heavy atom. The Balaban J connectivity index is 2.38. The van der Waals surface area contributed by atoms with E-state index in [1.54, 1.807) is 0 Å². The zero-order valence-electron chi connectivity index (χ0n) is 7.83. The molecule has 0 radical (unpaired) electrons. The number of β-amino-alcohol motifs (C(OH)–C–C–N with tert-alkyl or cyclic N) is 1. The maximum absolute atomic E-state index is 9.30. The molecule has 1 fully saturated rings. The third kappa shape index (κ3) is 2.84. The number of aliphatic hydroxyl groups excluding tert-OH is 1. The van der Waals surface area contributed by atoms with Crippen molar-refractivity contribution < 1.29 is 5.11 Å². The first kappa shape index (κ1) is 10.8. The highest BCUT2D eigenvalue weighted by Crippen LogP contribution is 2.28. The van der Waals surface area contributed by atoms with Crippen LogP contribution in [0, 0.1) is 16.7 Å². The summed E-state index contributed by atoms with van der Waals surface area (Å²) in [7, 11) is 0. The van der Waals surface area contributed by atoms with Crippen LogP contribution in [0.25, 0.3) is 0 Å². The van der Waals surface area contributed by atoms with Gasteiger partial charge in [0.1, 0.15) is 0 Å². The van der Waals surface area contributed by atoms with Gasteiger partial charge in [-0.15, -0.1) is 11.6 Å². The van der Waals surface area contributed by atoms with Crippen LogP contribution in [0.1, 0.15) is 13.3 Å². The number of aliphatic hydroxyl groups is 1. The molecule has 0 aromatic heterocycles. The minimum Gasteiger partial charge on any atom is -0.391 e. The molecule has 74 valence electrons. The van der Waals surface area contributed by atoms with E-state index in [0.29, 0.717) is 6.54 Å². The Morgan fingerprint density at radius 1 is 1.77 bits per heavy atom. The number of nitrogens with zero attached hydrogens (tertiary/aromatic N) is 2. The lowest BCUT2D eigenvalue weighted by Gasteiger charge is -2.19. The van der Waals surface area contributed by atoms with Crippen molar-refractivity contribution in [2.24, 2.45) is 5.41 Å². The molecule has 0 bridgehead atoms. The van der Waals surface area contributed by atoms with Gasteiger partial charge in [-0.2, -0.15) is 5.26 Å². The molecule has 1 saturated heterocycles. The third-order valence-corrected chi connectivity index (χ3v) is 2.83. The largest absolute Gasteiger partial charge is 0.391 e. The summed E-state index contributed by atoms with van der Waals surface area (Å²) in [5, 5.41) is 18.2. The van der Waals surface area contributed by atoms with E-state index < -0.39 is 6.10 Å². The van der Waals surface area contributed by atoms with Crippen LogP contribution in [0.2, 0.25) is 0 Å². The van der Waals surface area contributed by atoms with E-state index in [0.717, 1.165) is 19.5 Å². The van der Waals surface area contributed by atoms with Crippen molar-refractivity contribution in [2.75, 3.05) is 25.5 Å². The van der Waals surface area contributed by atoms with Gasteiger partial charge in [-0.1, -0.05) is 0 Å². The normalized spacial score (nSPS) is 31.5. The average molecular weight is 203 g/mol. The lowest BCUT2D eigenvalue weighted by Crippen LogP contribution is -2.32. The van der Waals surface area contributed by atoms with E-state index in [1.807, 2.05) is 6.92 Å². The monoisotopic (exact) mass is 202 g/mol. The fourth-order valence-corrected chi connectivity index (χ4v) is 1.75. The molecule has 2 atom stereocenters. The van der Waals surface area contributed by atoms with Gasteiger partial charge in [0.15, 0.2) is 0 Å². The van der Waals surface area contributed by atoms with Crippen LogP contribution < -0.4 is 0 Å². The lowest BCUT2D eigenvalue weighted by molar-refractivity contribution is 0.139. The first-order valence-electron chi connectivity index (χ1n) is 4.47. The number of halogens is 1. The summed E-state index contributed by atoms with van der Waals surface area (Å²) in [6.07, 6.45) is 0.418. The predicted molar refractivity (Wildman–Crippen MR) is 51.5 cm³/mol. The number of rotatable bonds is 3. The molecule has 0 aromatic carbocycles. The Kier molecular flexibility index (Phi) is 3.55. The molecule has 1 N–H and O–H groups in total. The second-order valence-electron chi connectivity index (χ2n) is 3.97. The summed E-state index contributed by atoms with van der Waals surface area (Å²) < 4.78 is 0. The summed E-state index contributed by atoms with van der Waals surface area (Å²) in [5.74, 6) is 0.264. The zero-order chi connectivity index (χ0) is 9.90. The van der Waals surface area contributed by atoms with Gasteiger partial charge < -0.3 is 5.11 Å². The van der Waals surface area contributed by atoms with Crippen molar-refractivity contribution in [2.45, 2.75) is 19.4 Å². The van der Waals surface area contributed by atoms with E-state index in [1.165, 1.54) is 0 Å². The van der Waals surface area contributed by atoms with Gasteiger partial charge in [0.25, 0.3) is 0 Å². The summed E-state index contributed by atoms with van der Waals surface area (Å²) >= 11 is 5.49. The summed E-state index contributed by atoms with van der Waals surface area (Å²) in [4.78, 5) is 2.09. The van der Waals surface area contributed by atoms with Crippen LogP contribution in [0.15, 0.2) is 0 Å². The highest BCUT2D eigenvalue weighted by molar-refractivity contribution is 6.18. The molecule has 1 aliphatic rings. The number of hydrogen-bond acceptors (Lipinski definition) is 3. The van der Waals surface area contributed by atoms with Crippen molar-refractivity contribution >= 4 is 11.6 Å². The van der Waals surface area contributed by atoms with E-state index in [-0.39, 0.29) is 11.3 Å². The van der Waals surface area contributed by atoms with E-state index in [4.69, 9.17) is 16.9 Å². The smallest absolute Gasteiger partial charge is 0.0802 e. The van der Waals surface area contributed by atoms with Gasteiger partial charge in [-0.3, -0.25) is 4.90 Å². The summed E-state index contributed by atoms with van der Waals surface area (Å²) in [5.41, 5.74) is -0.230. The first-order chi connectivity index (χ1) is 6.09. The van der Waals surface area contributed by atoms with Crippen LogP contribution in [-0.4, -0.2) is 41.6 Å². The molecule has 4 heteroatoms. The Labute approximate surface area is 83.9 Å². The molecule has 1 rings (SSSR count). The molecular weight excluding hydrogens is 188 g/mol. The van der Waals surface area contributed by atoms with Crippen molar-refractivity contribution in [1.82, 2.24) is 4.90 Å². The van der Waals surface area contributed by atoms with Gasteiger partial charge in [0, 0.05) is 19.0 Å². The molecule has 1 aliphatic heterocycles. The highest BCUT2D eigenvalue weighted by Gasteiger charge is 2.34. The van der Waals surface area contributed by atoms with Crippen molar-refractivity contribution in [3.8, 4) is 6.07 Å². The highest BCUT2D eigenvalue weighted by atomic mass is 35.5. The average Bonchev–Trinajstić information content (AvgIpc) is 2.48. The molecule has 0 aromatic rings. The molecule has 0 spiro atoms. The molecule has 2 unspecified atom stereocenters. The van der Waals surface area contributed by atoms with E-state index >= 15 is 0 Å². The molecule has 0 saturated carbocycles. The second kappa shape index (κ2) is 4.28. The Hall–Kier alpha value is -0.300. The van der Waals surface area contributed by atoms with Crippen LogP contribution >= 0.6 is 11.6 Å². The molecule has 1 heterocycles. The van der Waals surface area contributed by atoms with Gasteiger partial charge in [0.2, 0.25) is 0 Å². The molecular formula is C9H15ClN2O. The lowest BCUT2D eigenvalue weighted by atomic mass is 9.92. The van der Waals surface area contributed by atoms with Gasteiger partial charge >= 0.3 is 0 Å².